The molecule has 4 heterocycles. The first-order chi connectivity index (χ1) is 14.8. The summed E-state index contributed by atoms with van der Waals surface area (Å²) in [4.78, 5) is 26.4. The predicted molar refractivity (Wildman–Crippen MR) is 115 cm³/mol. The molecule has 0 N–H and O–H groups in total. The summed E-state index contributed by atoms with van der Waals surface area (Å²) < 4.78 is 5.35. The monoisotopic (exact) mass is 411 g/mol. The van der Waals surface area contributed by atoms with Crippen molar-refractivity contribution in [1.29, 1.82) is 0 Å². The molecule has 0 aromatic carbocycles. The van der Waals surface area contributed by atoms with Gasteiger partial charge < -0.3 is 14.3 Å². The Hall–Kier alpha value is -2.28. The number of aromatic nitrogens is 3. The molecular weight excluding hydrogens is 378 g/mol. The first-order valence-corrected chi connectivity index (χ1v) is 11.6. The van der Waals surface area contributed by atoms with Gasteiger partial charge in [0.15, 0.2) is 0 Å². The van der Waals surface area contributed by atoms with E-state index in [1.54, 1.807) is 6.20 Å². The molecule has 2 aromatic heterocycles. The Morgan fingerprint density at radius 2 is 1.90 bits per heavy atom. The molecule has 1 amide bonds. The normalized spacial score (nSPS) is 20.8. The fourth-order valence-electron chi connectivity index (χ4n) is 4.63. The highest BCUT2D eigenvalue weighted by Gasteiger charge is 2.28. The molecule has 0 spiro atoms. The van der Waals surface area contributed by atoms with E-state index in [-0.39, 0.29) is 5.91 Å². The van der Waals surface area contributed by atoms with Gasteiger partial charge in [-0.05, 0) is 63.7 Å². The molecule has 7 heteroatoms. The number of amides is 1. The molecular formula is C23H33N5O2. The van der Waals surface area contributed by atoms with Crippen LogP contribution in [-0.2, 0) is 11.2 Å². The fraction of sp³-hybridized carbons (Fsp3) is 0.652. The number of nitrogens with zero attached hydrogens (tertiary/aromatic N) is 5. The van der Waals surface area contributed by atoms with Crippen LogP contribution in [0.15, 0.2) is 28.9 Å². The largest absolute Gasteiger partial charge is 0.339 e. The number of likely N-dealkylation sites (tertiary alicyclic amines) is 2. The van der Waals surface area contributed by atoms with E-state index in [0.717, 1.165) is 32.4 Å². The third-order valence-corrected chi connectivity index (χ3v) is 6.26. The molecule has 0 radical (unpaired) electrons. The van der Waals surface area contributed by atoms with E-state index < -0.39 is 0 Å². The van der Waals surface area contributed by atoms with Crippen molar-refractivity contribution < 1.29 is 9.32 Å². The molecule has 1 atom stereocenters. The Bertz CT molecular complexity index is 786. The number of hydrogen-bond acceptors (Lipinski definition) is 6. The van der Waals surface area contributed by atoms with Crippen molar-refractivity contribution in [3.8, 4) is 11.5 Å². The summed E-state index contributed by atoms with van der Waals surface area (Å²) >= 11 is 0. The summed E-state index contributed by atoms with van der Waals surface area (Å²) in [5.41, 5.74) is 0.702. The average Bonchev–Trinajstić information content (AvgIpc) is 3.11. The van der Waals surface area contributed by atoms with E-state index in [2.05, 4.69) is 24.9 Å². The van der Waals surface area contributed by atoms with Gasteiger partial charge >= 0.3 is 0 Å². The Labute approximate surface area is 178 Å². The van der Waals surface area contributed by atoms with Gasteiger partial charge in [-0.15, -0.1) is 0 Å². The van der Waals surface area contributed by atoms with Gasteiger partial charge in [-0.3, -0.25) is 9.78 Å². The van der Waals surface area contributed by atoms with E-state index in [9.17, 15) is 4.79 Å². The summed E-state index contributed by atoms with van der Waals surface area (Å²) in [7, 11) is 0. The molecule has 2 aliphatic rings. The highest BCUT2D eigenvalue weighted by atomic mass is 16.5. The van der Waals surface area contributed by atoms with Gasteiger partial charge in [0.1, 0.15) is 5.69 Å². The number of piperidine rings is 1. The lowest BCUT2D eigenvalue weighted by Gasteiger charge is -2.38. The molecule has 30 heavy (non-hydrogen) atoms. The van der Waals surface area contributed by atoms with Crippen molar-refractivity contribution in [3.05, 3.63) is 30.3 Å². The smallest absolute Gasteiger partial charge is 0.227 e. The number of rotatable bonds is 7. The van der Waals surface area contributed by atoms with E-state index in [4.69, 9.17) is 4.52 Å². The summed E-state index contributed by atoms with van der Waals surface area (Å²) in [5.74, 6) is 1.35. The molecule has 162 valence electrons. The van der Waals surface area contributed by atoms with Crippen LogP contribution in [0, 0.1) is 0 Å². The standard InChI is InChI=1S/C23H33N5O2/c29-22(13-9-12-21-25-23(26-30-21)20-11-3-5-14-24-20)28-17-8-4-10-19(28)18-27-15-6-1-2-7-16-27/h3,5,11,14,19H,1-2,4,6-10,12-13,15-18H2/t19-/m0/s1. The van der Waals surface area contributed by atoms with E-state index in [0.29, 0.717) is 36.3 Å². The van der Waals surface area contributed by atoms with Gasteiger partial charge in [0.05, 0.1) is 0 Å². The quantitative estimate of drug-likeness (QED) is 0.691. The molecule has 2 saturated heterocycles. The summed E-state index contributed by atoms with van der Waals surface area (Å²) in [5, 5.41) is 4.01. The van der Waals surface area contributed by atoms with Gasteiger partial charge in [0.25, 0.3) is 0 Å². The van der Waals surface area contributed by atoms with E-state index >= 15 is 0 Å². The highest BCUT2D eigenvalue weighted by Crippen LogP contribution is 2.21. The molecule has 2 fully saturated rings. The van der Waals surface area contributed by atoms with Crippen molar-refractivity contribution in [3.63, 3.8) is 0 Å². The molecule has 0 saturated carbocycles. The lowest BCUT2D eigenvalue weighted by atomic mass is 10.0. The molecule has 2 aliphatic heterocycles. The van der Waals surface area contributed by atoms with Crippen LogP contribution < -0.4 is 0 Å². The van der Waals surface area contributed by atoms with Gasteiger partial charge in [-0.2, -0.15) is 4.98 Å². The maximum Gasteiger partial charge on any atom is 0.227 e. The first kappa shape index (κ1) is 21.0. The van der Waals surface area contributed by atoms with Crippen LogP contribution in [0.5, 0.6) is 0 Å². The van der Waals surface area contributed by atoms with Gasteiger partial charge in [-0.25, -0.2) is 0 Å². The van der Waals surface area contributed by atoms with Crippen LogP contribution in [0.3, 0.4) is 0 Å². The number of hydrogen-bond donors (Lipinski definition) is 0. The molecule has 4 rings (SSSR count). The zero-order valence-electron chi connectivity index (χ0n) is 17.8. The maximum absolute atomic E-state index is 13.0. The van der Waals surface area contributed by atoms with Crippen molar-refractivity contribution in [2.75, 3.05) is 26.2 Å². The summed E-state index contributed by atoms with van der Waals surface area (Å²) in [6, 6.07) is 6.00. The Kier molecular flexibility index (Phi) is 7.45. The van der Waals surface area contributed by atoms with Crippen LogP contribution in [0.25, 0.3) is 11.5 Å². The number of carbonyl (C=O) groups is 1. The minimum absolute atomic E-state index is 0.277. The lowest BCUT2D eigenvalue weighted by molar-refractivity contribution is -0.135. The van der Waals surface area contributed by atoms with Crippen LogP contribution >= 0.6 is 0 Å². The average molecular weight is 412 g/mol. The van der Waals surface area contributed by atoms with Crippen LogP contribution in [0.1, 0.15) is 63.7 Å². The van der Waals surface area contributed by atoms with E-state index in [1.165, 1.54) is 45.2 Å². The minimum atomic E-state index is 0.277. The second-order valence-corrected chi connectivity index (χ2v) is 8.53. The van der Waals surface area contributed by atoms with Crippen molar-refractivity contribution in [1.82, 2.24) is 24.9 Å². The second-order valence-electron chi connectivity index (χ2n) is 8.53. The Balaban J connectivity index is 1.26. The number of aryl methyl sites for hydroxylation is 1. The Morgan fingerprint density at radius 1 is 1.07 bits per heavy atom. The molecule has 7 nitrogen and oxygen atoms in total. The van der Waals surface area contributed by atoms with Gasteiger partial charge in [0.2, 0.25) is 17.6 Å². The van der Waals surface area contributed by atoms with Gasteiger partial charge in [-0.1, -0.05) is 24.1 Å². The zero-order chi connectivity index (χ0) is 20.6. The Morgan fingerprint density at radius 3 is 2.70 bits per heavy atom. The fourth-order valence-corrected chi connectivity index (χ4v) is 4.63. The molecule has 0 unspecified atom stereocenters. The van der Waals surface area contributed by atoms with E-state index in [1.807, 2.05) is 18.2 Å². The first-order valence-electron chi connectivity index (χ1n) is 11.6. The number of carbonyl (C=O) groups excluding carboxylic acids is 1. The zero-order valence-corrected chi connectivity index (χ0v) is 17.8. The summed E-state index contributed by atoms with van der Waals surface area (Å²) in [6.45, 7) is 4.33. The lowest BCUT2D eigenvalue weighted by Crippen LogP contribution is -2.49. The third kappa shape index (κ3) is 5.65. The van der Waals surface area contributed by atoms with Crippen LogP contribution in [0.4, 0.5) is 0 Å². The molecule has 0 bridgehead atoms. The second kappa shape index (κ2) is 10.7. The minimum Gasteiger partial charge on any atom is -0.339 e. The van der Waals surface area contributed by atoms with Crippen molar-refractivity contribution in [2.24, 2.45) is 0 Å². The maximum atomic E-state index is 13.0. The number of pyridine rings is 1. The predicted octanol–water partition coefficient (Wildman–Crippen LogP) is 3.71. The van der Waals surface area contributed by atoms with Crippen molar-refractivity contribution in [2.45, 2.75) is 70.3 Å². The summed E-state index contributed by atoms with van der Waals surface area (Å²) in [6.07, 6.45) is 12.4. The van der Waals surface area contributed by atoms with Crippen LogP contribution in [-0.4, -0.2) is 63.1 Å². The molecule has 0 aliphatic carbocycles. The van der Waals surface area contributed by atoms with Gasteiger partial charge in [0, 0.05) is 38.2 Å². The molecule has 2 aromatic rings. The third-order valence-electron chi connectivity index (χ3n) is 6.26. The van der Waals surface area contributed by atoms with Crippen molar-refractivity contribution >= 4 is 5.91 Å². The topological polar surface area (TPSA) is 75.4 Å². The highest BCUT2D eigenvalue weighted by molar-refractivity contribution is 5.76. The van der Waals surface area contributed by atoms with Crippen LogP contribution in [0.2, 0.25) is 0 Å². The SMILES string of the molecule is O=C(CCCc1nc(-c2ccccn2)no1)N1CCCC[C@H]1CN1CCCCCC1.